The molecule has 0 aromatic carbocycles. The molecule has 1 saturated heterocycles. The Bertz CT molecular complexity index is 529. The molecule has 1 N–H and O–H groups in total. The fraction of sp³-hybridized carbons (Fsp3) is 0.733. The summed E-state index contributed by atoms with van der Waals surface area (Å²) in [6.45, 7) is 6.62. The molecule has 0 radical (unpaired) electrons. The van der Waals surface area contributed by atoms with Crippen molar-refractivity contribution in [2.75, 3.05) is 25.5 Å². The van der Waals surface area contributed by atoms with E-state index in [9.17, 15) is 4.79 Å². The quantitative estimate of drug-likeness (QED) is 0.907. The van der Waals surface area contributed by atoms with Crippen LogP contribution in [0.5, 0.6) is 0 Å². The van der Waals surface area contributed by atoms with Gasteiger partial charge in [-0.05, 0) is 32.4 Å². The predicted octanol–water partition coefficient (Wildman–Crippen LogP) is 2.45. The van der Waals surface area contributed by atoms with E-state index in [4.69, 9.17) is 11.6 Å². The average Bonchev–Trinajstić information content (AvgIpc) is 2.44. The number of hydrogen-bond acceptors (Lipinski definition) is 4. The van der Waals surface area contributed by atoms with Gasteiger partial charge in [-0.1, -0.05) is 31.9 Å². The van der Waals surface area contributed by atoms with Gasteiger partial charge in [0, 0.05) is 19.1 Å². The molecular weight excluding hydrogens is 288 g/mol. The van der Waals surface area contributed by atoms with Gasteiger partial charge in [0.25, 0.3) is 5.56 Å². The van der Waals surface area contributed by atoms with Gasteiger partial charge in [-0.25, -0.2) is 4.68 Å². The van der Waals surface area contributed by atoms with Gasteiger partial charge in [-0.3, -0.25) is 4.79 Å². The molecule has 0 saturated carbocycles. The summed E-state index contributed by atoms with van der Waals surface area (Å²) in [4.78, 5) is 14.5. The van der Waals surface area contributed by atoms with Crippen LogP contribution in [0.3, 0.4) is 0 Å². The zero-order valence-corrected chi connectivity index (χ0v) is 13.9. The van der Waals surface area contributed by atoms with Crippen molar-refractivity contribution in [3.63, 3.8) is 0 Å². The summed E-state index contributed by atoms with van der Waals surface area (Å²) in [5, 5.41) is 7.73. The molecule has 0 spiro atoms. The van der Waals surface area contributed by atoms with Crippen LogP contribution in [0.15, 0.2) is 11.0 Å². The zero-order chi connectivity index (χ0) is 15.4. The Morgan fingerprint density at radius 1 is 1.48 bits per heavy atom. The smallest absolute Gasteiger partial charge is 0.287 e. The highest BCUT2D eigenvalue weighted by atomic mass is 35.5. The van der Waals surface area contributed by atoms with Gasteiger partial charge in [0.2, 0.25) is 0 Å². The fourth-order valence-electron chi connectivity index (χ4n) is 2.69. The maximum absolute atomic E-state index is 12.2. The van der Waals surface area contributed by atoms with Crippen LogP contribution in [0.25, 0.3) is 0 Å². The first-order valence-corrected chi connectivity index (χ1v) is 8.06. The van der Waals surface area contributed by atoms with Crippen molar-refractivity contribution < 1.29 is 0 Å². The van der Waals surface area contributed by atoms with E-state index in [0.29, 0.717) is 24.2 Å². The molecule has 1 unspecified atom stereocenters. The molecule has 1 aromatic rings. The Morgan fingerprint density at radius 3 is 2.90 bits per heavy atom. The lowest BCUT2D eigenvalue weighted by atomic mass is 10.0. The lowest BCUT2D eigenvalue weighted by molar-refractivity contribution is 0.194. The number of hydrogen-bond donors (Lipinski definition) is 1. The third-order valence-corrected chi connectivity index (χ3v) is 4.34. The Labute approximate surface area is 131 Å². The zero-order valence-electron chi connectivity index (χ0n) is 13.1. The molecule has 2 rings (SSSR count). The normalized spacial score (nSPS) is 20.0. The van der Waals surface area contributed by atoms with Crippen LogP contribution in [0.2, 0.25) is 5.02 Å². The molecule has 1 atom stereocenters. The number of likely N-dealkylation sites (tertiary alicyclic amines) is 1. The number of likely N-dealkylation sites (N-methyl/N-ethyl adjacent to an activating group) is 1. The Hall–Kier alpha value is -1.07. The monoisotopic (exact) mass is 312 g/mol. The highest BCUT2D eigenvalue weighted by Crippen LogP contribution is 2.19. The molecule has 1 aliphatic heterocycles. The van der Waals surface area contributed by atoms with Gasteiger partial charge in [0.1, 0.15) is 5.02 Å². The third-order valence-electron chi connectivity index (χ3n) is 3.97. The average molecular weight is 313 g/mol. The van der Waals surface area contributed by atoms with Gasteiger partial charge >= 0.3 is 0 Å². The Balaban J connectivity index is 2.03. The van der Waals surface area contributed by atoms with E-state index in [1.807, 2.05) is 13.8 Å². The molecule has 1 aliphatic rings. The van der Waals surface area contributed by atoms with E-state index in [2.05, 4.69) is 22.4 Å². The second-order valence-corrected chi connectivity index (χ2v) is 6.64. The van der Waals surface area contributed by atoms with Gasteiger partial charge in [-0.2, -0.15) is 5.10 Å². The van der Waals surface area contributed by atoms with E-state index in [0.717, 1.165) is 13.1 Å². The predicted molar refractivity (Wildman–Crippen MR) is 87.1 cm³/mol. The number of nitrogens with zero attached hydrogens (tertiary/aromatic N) is 3. The van der Waals surface area contributed by atoms with Gasteiger partial charge in [-0.15, -0.1) is 0 Å². The van der Waals surface area contributed by atoms with Crippen molar-refractivity contribution in [3.8, 4) is 0 Å². The molecule has 0 aliphatic carbocycles. The van der Waals surface area contributed by atoms with Crippen LogP contribution in [0.4, 0.5) is 5.69 Å². The lowest BCUT2D eigenvalue weighted by Crippen LogP contribution is -2.41. The van der Waals surface area contributed by atoms with Crippen molar-refractivity contribution in [1.29, 1.82) is 0 Å². The number of rotatable bonds is 5. The highest BCUT2D eigenvalue weighted by molar-refractivity contribution is 6.32. The Kier molecular flexibility index (Phi) is 5.65. The summed E-state index contributed by atoms with van der Waals surface area (Å²) < 4.78 is 1.44. The fourth-order valence-corrected chi connectivity index (χ4v) is 2.91. The summed E-state index contributed by atoms with van der Waals surface area (Å²) in [6.07, 6.45) is 5.37. The van der Waals surface area contributed by atoms with Crippen LogP contribution in [-0.4, -0.2) is 40.9 Å². The van der Waals surface area contributed by atoms with Crippen molar-refractivity contribution >= 4 is 17.3 Å². The number of anilines is 1. The molecule has 6 heteroatoms. The topological polar surface area (TPSA) is 50.2 Å². The summed E-state index contributed by atoms with van der Waals surface area (Å²) in [6, 6.07) is 0.493. The number of halogens is 1. The van der Waals surface area contributed by atoms with Crippen LogP contribution >= 0.6 is 11.6 Å². The van der Waals surface area contributed by atoms with Gasteiger partial charge in [0.05, 0.1) is 11.9 Å². The van der Waals surface area contributed by atoms with Crippen LogP contribution < -0.4 is 10.9 Å². The van der Waals surface area contributed by atoms with Gasteiger partial charge in [0.15, 0.2) is 0 Å². The van der Waals surface area contributed by atoms with Crippen LogP contribution in [0, 0.1) is 5.92 Å². The third kappa shape index (κ3) is 4.20. The first kappa shape index (κ1) is 16.3. The molecule has 1 fully saturated rings. The van der Waals surface area contributed by atoms with E-state index in [-0.39, 0.29) is 10.6 Å². The van der Waals surface area contributed by atoms with Crippen LogP contribution in [-0.2, 0) is 6.54 Å². The van der Waals surface area contributed by atoms with Gasteiger partial charge < -0.3 is 10.2 Å². The lowest BCUT2D eigenvalue weighted by Gasteiger charge is -2.32. The largest absolute Gasteiger partial charge is 0.381 e. The molecule has 0 amide bonds. The number of nitrogens with one attached hydrogen (secondary N) is 1. The van der Waals surface area contributed by atoms with Crippen molar-refractivity contribution in [3.05, 3.63) is 21.6 Å². The molecule has 0 bridgehead atoms. The van der Waals surface area contributed by atoms with E-state index >= 15 is 0 Å². The van der Waals surface area contributed by atoms with Crippen molar-refractivity contribution in [2.24, 2.45) is 5.92 Å². The first-order valence-electron chi connectivity index (χ1n) is 7.68. The molecule has 1 aromatic heterocycles. The minimum absolute atomic E-state index is 0.215. The summed E-state index contributed by atoms with van der Waals surface area (Å²) in [7, 11) is 2.14. The standard InChI is InChI=1S/C15H25ClN4O/c1-11(2)10-20-15(21)14(16)13(9-18-20)17-8-12-6-4-5-7-19(12)3/h9,11-12,17H,4-8,10H2,1-3H3. The molecule has 118 valence electrons. The summed E-state index contributed by atoms with van der Waals surface area (Å²) >= 11 is 6.19. The second-order valence-electron chi connectivity index (χ2n) is 6.26. The van der Waals surface area contributed by atoms with Crippen molar-refractivity contribution in [1.82, 2.24) is 14.7 Å². The minimum atomic E-state index is -0.215. The molecule has 21 heavy (non-hydrogen) atoms. The van der Waals surface area contributed by atoms with Crippen LogP contribution in [0.1, 0.15) is 33.1 Å². The molecule has 2 heterocycles. The molecule has 5 nitrogen and oxygen atoms in total. The van der Waals surface area contributed by atoms with E-state index < -0.39 is 0 Å². The van der Waals surface area contributed by atoms with Crippen molar-refractivity contribution in [2.45, 2.75) is 45.7 Å². The SMILES string of the molecule is CC(C)Cn1ncc(NCC2CCCCN2C)c(Cl)c1=O. The maximum Gasteiger partial charge on any atom is 0.287 e. The van der Waals surface area contributed by atoms with E-state index in [1.165, 1.54) is 23.9 Å². The summed E-state index contributed by atoms with van der Waals surface area (Å²) in [5.41, 5.74) is 0.424. The summed E-state index contributed by atoms with van der Waals surface area (Å²) in [5.74, 6) is 0.362. The second kappa shape index (κ2) is 7.27. The Morgan fingerprint density at radius 2 is 2.24 bits per heavy atom. The highest BCUT2D eigenvalue weighted by Gasteiger charge is 2.19. The maximum atomic E-state index is 12.2. The molecular formula is C15H25ClN4O. The van der Waals surface area contributed by atoms with E-state index in [1.54, 1.807) is 6.20 Å². The minimum Gasteiger partial charge on any atom is -0.381 e. The number of aromatic nitrogens is 2. The number of piperidine rings is 1. The first-order chi connectivity index (χ1) is 9.99.